The van der Waals surface area contributed by atoms with E-state index >= 15 is 0 Å². The Morgan fingerprint density at radius 1 is 1.11 bits per heavy atom. The molecular weight excluding hydrogens is 376 g/mol. The van der Waals surface area contributed by atoms with Crippen LogP contribution in [0.5, 0.6) is 0 Å². The average Bonchev–Trinajstić information content (AvgIpc) is 2.54. The third kappa shape index (κ3) is 9.03. The zero-order valence-electron chi connectivity index (χ0n) is 18.1. The monoisotopic (exact) mass is 412 g/mol. The van der Waals surface area contributed by atoms with Crippen LogP contribution in [0, 0.1) is 0 Å². The Labute approximate surface area is 170 Å². The second-order valence-electron chi connectivity index (χ2n) is 8.72. The first-order valence-electron chi connectivity index (χ1n) is 9.53. The Morgan fingerprint density at radius 2 is 1.68 bits per heavy atom. The molecule has 0 aliphatic carbocycles. The quantitative estimate of drug-likeness (QED) is 0.386. The lowest BCUT2D eigenvalue weighted by atomic mass is 9.86. The van der Waals surface area contributed by atoms with Crippen molar-refractivity contribution in [2.75, 3.05) is 25.9 Å². The molecule has 160 valence electrons. The number of nitrogens with zero attached hydrogens (tertiary/aromatic N) is 1. The molecule has 0 spiro atoms. The number of nitrogens with one attached hydrogen (secondary N) is 3. The predicted molar refractivity (Wildman–Crippen MR) is 116 cm³/mol. The molecular formula is C20H36N4O3S. The third-order valence-electron chi connectivity index (χ3n) is 4.06. The minimum Gasteiger partial charge on any atom is -0.387 e. The molecule has 8 heteroatoms. The van der Waals surface area contributed by atoms with Crippen molar-refractivity contribution in [1.82, 2.24) is 15.4 Å². The van der Waals surface area contributed by atoms with Gasteiger partial charge >= 0.3 is 0 Å². The van der Waals surface area contributed by atoms with Gasteiger partial charge in [-0.1, -0.05) is 45.0 Å². The molecule has 7 nitrogen and oxygen atoms in total. The Hall–Kier alpha value is -1.64. The molecule has 0 aliphatic rings. The number of aliphatic hydroxyl groups excluding tert-OH is 1. The number of guanidine groups is 1. The second kappa shape index (κ2) is 9.71. The van der Waals surface area contributed by atoms with Crippen molar-refractivity contribution in [2.24, 2.45) is 4.99 Å². The lowest BCUT2D eigenvalue weighted by Gasteiger charge is -2.24. The molecule has 1 aromatic carbocycles. The summed E-state index contributed by atoms with van der Waals surface area (Å²) in [7, 11) is -3.32. The van der Waals surface area contributed by atoms with E-state index < -0.39 is 21.7 Å². The van der Waals surface area contributed by atoms with Gasteiger partial charge in [-0.25, -0.2) is 13.1 Å². The van der Waals surface area contributed by atoms with E-state index in [1.807, 2.05) is 31.2 Å². The first-order valence-corrected chi connectivity index (χ1v) is 11.4. The first-order chi connectivity index (χ1) is 12.7. The Kier molecular flexibility index (Phi) is 8.46. The molecule has 0 saturated heterocycles. The van der Waals surface area contributed by atoms with Crippen LogP contribution in [0.4, 0.5) is 0 Å². The molecule has 0 aromatic heterocycles. The summed E-state index contributed by atoms with van der Waals surface area (Å²) in [6.45, 7) is 13.1. The van der Waals surface area contributed by atoms with Crippen molar-refractivity contribution in [3.8, 4) is 0 Å². The zero-order chi connectivity index (χ0) is 21.6. The largest absolute Gasteiger partial charge is 0.387 e. The number of aliphatic hydroxyl groups is 1. The fourth-order valence-electron chi connectivity index (χ4n) is 2.67. The van der Waals surface area contributed by atoms with E-state index in [1.54, 1.807) is 13.8 Å². The lowest BCUT2D eigenvalue weighted by Crippen LogP contribution is -2.47. The van der Waals surface area contributed by atoms with Crippen molar-refractivity contribution >= 4 is 16.0 Å². The number of aliphatic imine (C=N–C) groups is 1. The molecule has 4 N–H and O–H groups in total. The molecule has 0 amide bonds. The molecule has 0 aliphatic heterocycles. The molecule has 0 saturated carbocycles. The molecule has 0 fully saturated rings. The summed E-state index contributed by atoms with van der Waals surface area (Å²) in [6, 6.07) is 7.96. The second-order valence-corrected chi connectivity index (χ2v) is 10.5. The summed E-state index contributed by atoms with van der Waals surface area (Å²) in [6.07, 6.45) is 0.448. The van der Waals surface area contributed by atoms with Crippen molar-refractivity contribution in [2.45, 2.75) is 58.6 Å². The van der Waals surface area contributed by atoms with Crippen LogP contribution in [0.2, 0.25) is 0 Å². The highest BCUT2D eigenvalue weighted by molar-refractivity contribution is 7.88. The molecule has 1 aromatic rings. The summed E-state index contributed by atoms with van der Waals surface area (Å²) in [5.41, 5.74) is 1.40. The van der Waals surface area contributed by atoms with Crippen molar-refractivity contribution < 1.29 is 13.5 Å². The van der Waals surface area contributed by atoms with Gasteiger partial charge in [-0.05, 0) is 37.3 Å². The van der Waals surface area contributed by atoms with Gasteiger partial charge in [0.1, 0.15) is 0 Å². The van der Waals surface area contributed by atoms with Crippen molar-refractivity contribution in [3.63, 3.8) is 0 Å². The van der Waals surface area contributed by atoms with E-state index in [-0.39, 0.29) is 12.0 Å². The number of hydrogen-bond donors (Lipinski definition) is 4. The maximum absolute atomic E-state index is 11.5. The number of rotatable bonds is 8. The summed E-state index contributed by atoms with van der Waals surface area (Å²) in [4.78, 5) is 4.44. The van der Waals surface area contributed by atoms with E-state index in [9.17, 15) is 13.5 Å². The fraction of sp³-hybridized carbons (Fsp3) is 0.650. The van der Waals surface area contributed by atoms with Gasteiger partial charge in [0.15, 0.2) is 5.96 Å². The molecule has 0 heterocycles. The highest BCUT2D eigenvalue weighted by Crippen LogP contribution is 2.23. The molecule has 1 rings (SSSR count). The normalized spacial score (nSPS) is 14.6. The van der Waals surface area contributed by atoms with Gasteiger partial charge in [0.05, 0.1) is 18.9 Å². The topological polar surface area (TPSA) is 103 Å². The average molecular weight is 413 g/mol. The minimum atomic E-state index is -3.32. The van der Waals surface area contributed by atoms with Crippen LogP contribution in [0.15, 0.2) is 29.3 Å². The lowest BCUT2D eigenvalue weighted by molar-refractivity contribution is 0.181. The molecule has 1 atom stereocenters. The molecule has 0 bridgehead atoms. The highest BCUT2D eigenvalue weighted by Gasteiger charge is 2.22. The third-order valence-corrected chi connectivity index (χ3v) is 4.99. The molecule has 28 heavy (non-hydrogen) atoms. The van der Waals surface area contributed by atoms with E-state index in [4.69, 9.17) is 0 Å². The standard InChI is InChI=1S/C20H36N4O3S/c1-8-21-18(23-14-20(5,6)24-28(7,26)27)22-13-17(25)15-9-11-16(12-10-15)19(2,3)4/h9-12,17,24-25H,8,13-14H2,1-7H3,(H2,21,22,23). The van der Waals surface area contributed by atoms with Crippen LogP contribution >= 0.6 is 0 Å². The van der Waals surface area contributed by atoms with Gasteiger partial charge in [-0.15, -0.1) is 0 Å². The van der Waals surface area contributed by atoms with Crippen molar-refractivity contribution in [3.05, 3.63) is 35.4 Å². The molecule has 1 unspecified atom stereocenters. The number of hydrogen-bond acceptors (Lipinski definition) is 4. The Morgan fingerprint density at radius 3 is 2.14 bits per heavy atom. The summed E-state index contributed by atoms with van der Waals surface area (Å²) in [5, 5.41) is 16.7. The van der Waals surface area contributed by atoms with Crippen LogP contribution in [-0.2, 0) is 15.4 Å². The van der Waals surface area contributed by atoms with E-state index in [1.165, 1.54) is 5.56 Å². The summed E-state index contributed by atoms with van der Waals surface area (Å²) < 4.78 is 25.5. The smallest absolute Gasteiger partial charge is 0.209 e. The van der Waals surface area contributed by atoms with Crippen LogP contribution < -0.4 is 15.4 Å². The van der Waals surface area contributed by atoms with Crippen LogP contribution in [-0.4, -0.2) is 50.9 Å². The maximum atomic E-state index is 11.5. The summed E-state index contributed by atoms with van der Waals surface area (Å²) in [5.74, 6) is 0.524. The van der Waals surface area contributed by atoms with Gasteiger partial charge in [0, 0.05) is 18.6 Å². The SMILES string of the molecule is CCNC(=NCC(C)(C)NS(C)(=O)=O)NCC(O)c1ccc(C(C)(C)C)cc1. The van der Waals surface area contributed by atoms with Gasteiger partial charge < -0.3 is 15.7 Å². The van der Waals surface area contributed by atoms with Crippen LogP contribution in [0.1, 0.15) is 58.8 Å². The van der Waals surface area contributed by atoms with E-state index in [0.717, 1.165) is 11.8 Å². The fourth-order valence-corrected chi connectivity index (χ4v) is 3.74. The van der Waals surface area contributed by atoms with Crippen LogP contribution in [0.25, 0.3) is 0 Å². The minimum absolute atomic E-state index is 0.0689. The first kappa shape index (κ1) is 24.4. The molecule has 0 radical (unpaired) electrons. The van der Waals surface area contributed by atoms with Gasteiger partial charge in [0.2, 0.25) is 10.0 Å². The Balaban J connectivity index is 2.74. The van der Waals surface area contributed by atoms with Gasteiger partial charge in [-0.3, -0.25) is 4.99 Å². The van der Waals surface area contributed by atoms with Gasteiger partial charge in [0.25, 0.3) is 0 Å². The highest BCUT2D eigenvalue weighted by atomic mass is 32.2. The zero-order valence-corrected chi connectivity index (χ0v) is 18.9. The van der Waals surface area contributed by atoms with Gasteiger partial charge in [-0.2, -0.15) is 0 Å². The number of sulfonamides is 1. The maximum Gasteiger partial charge on any atom is 0.209 e. The van der Waals surface area contributed by atoms with E-state index in [2.05, 4.69) is 41.1 Å². The van der Waals surface area contributed by atoms with E-state index in [0.29, 0.717) is 19.0 Å². The van der Waals surface area contributed by atoms with Crippen molar-refractivity contribution in [1.29, 1.82) is 0 Å². The number of benzene rings is 1. The Bertz CT molecular complexity index is 751. The van der Waals surface area contributed by atoms with Crippen LogP contribution in [0.3, 0.4) is 0 Å². The predicted octanol–water partition coefficient (Wildman–Crippen LogP) is 1.90. The summed E-state index contributed by atoms with van der Waals surface area (Å²) >= 11 is 0.